The smallest absolute Gasteiger partial charge is 0.170 e. The van der Waals surface area contributed by atoms with E-state index in [2.05, 4.69) is 4.90 Å². The van der Waals surface area contributed by atoms with E-state index in [4.69, 9.17) is 23.2 Å². The average molecular weight is 382 g/mol. The molecule has 3 rings (SSSR count). The molecular formula is C19H21Cl2NO3. The summed E-state index contributed by atoms with van der Waals surface area (Å²) < 4.78 is 0. The number of ketones is 2. The van der Waals surface area contributed by atoms with Gasteiger partial charge < -0.3 is 5.11 Å². The summed E-state index contributed by atoms with van der Waals surface area (Å²) in [6, 6.07) is 3.74. The Morgan fingerprint density at radius 1 is 1.20 bits per heavy atom. The molecule has 134 valence electrons. The van der Waals surface area contributed by atoms with E-state index in [0.717, 1.165) is 12.8 Å². The summed E-state index contributed by atoms with van der Waals surface area (Å²) >= 11 is 12.8. The van der Waals surface area contributed by atoms with Gasteiger partial charge in [0, 0.05) is 41.6 Å². The molecule has 0 amide bonds. The van der Waals surface area contributed by atoms with Gasteiger partial charge in [-0.1, -0.05) is 30.1 Å². The van der Waals surface area contributed by atoms with Gasteiger partial charge in [-0.25, -0.2) is 0 Å². The standard InChI is InChI=1S/C19H21Cl2NO3/c1-10-7-15(23)17(16(24)8-10)19(25)12-5-6-14(20)13(18(12)21)9-22(2)11-3-4-11/h5-6,10-11,25H,3-4,7-9H2,1-2H3. The molecule has 2 fully saturated rings. The third-order valence-electron chi connectivity index (χ3n) is 4.88. The molecule has 0 aliphatic heterocycles. The normalized spacial score (nSPS) is 21.2. The summed E-state index contributed by atoms with van der Waals surface area (Å²) in [7, 11) is 2.00. The quantitative estimate of drug-likeness (QED) is 0.476. The molecular weight excluding hydrogens is 361 g/mol. The Kier molecular flexibility index (Phi) is 5.24. The van der Waals surface area contributed by atoms with Crippen LogP contribution in [-0.2, 0) is 16.1 Å². The maximum Gasteiger partial charge on any atom is 0.170 e. The zero-order valence-corrected chi connectivity index (χ0v) is 15.8. The number of nitrogens with zero attached hydrogens (tertiary/aromatic N) is 1. The molecule has 0 saturated heterocycles. The molecule has 1 aromatic rings. The van der Waals surface area contributed by atoms with Crippen LogP contribution in [0, 0.1) is 5.92 Å². The first-order valence-corrected chi connectivity index (χ1v) is 9.22. The van der Waals surface area contributed by atoms with Gasteiger partial charge in [0.05, 0.1) is 5.02 Å². The van der Waals surface area contributed by atoms with Gasteiger partial charge in [-0.05, 0) is 37.9 Å². The van der Waals surface area contributed by atoms with E-state index in [9.17, 15) is 14.7 Å². The van der Waals surface area contributed by atoms with Crippen LogP contribution in [-0.4, -0.2) is 34.7 Å². The molecule has 1 aromatic carbocycles. The van der Waals surface area contributed by atoms with Crippen molar-refractivity contribution in [2.45, 2.75) is 45.2 Å². The van der Waals surface area contributed by atoms with Crippen LogP contribution in [0.25, 0.3) is 5.76 Å². The molecule has 2 aliphatic carbocycles. The van der Waals surface area contributed by atoms with E-state index in [1.54, 1.807) is 12.1 Å². The maximum absolute atomic E-state index is 12.3. The molecule has 2 saturated carbocycles. The number of halogens is 2. The molecule has 1 N–H and O–H groups in total. The van der Waals surface area contributed by atoms with E-state index >= 15 is 0 Å². The van der Waals surface area contributed by atoms with Crippen molar-refractivity contribution in [1.29, 1.82) is 0 Å². The number of allylic oxidation sites excluding steroid dienone is 1. The molecule has 0 bridgehead atoms. The third-order valence-corrected chi connectivity index (χ3v) is 5.67. The Bertz CT molecular complexity index is 748. The van der Waals surface area contributed by atoms with Crippen molar-refractivity contribution < 1.29 is 14.7 Å². The Balaban J connectivity index is 2.00. The van der Waals surface area contributed by atoms with E-state index in [1.165, 1.54) is 0 Å². The third kappa shape index (κ3) is 3.76. The van der Waals surface area contributed by atoms with Gasteiger partial charge >= 0.3 is 0 Å². The Hall–Kier alpha value is -1.36. The van der Waals surface area contributed by atoms with Gasteiger partial charge in [0.15, 0.2) is 11.6 Å². The number of Topliss-reactive ketones (excluding diaryl/α,β-unsaturated/α-hetero) is 2. The minimum absolute atomic E-state index is 0.00000731. The molecule has 0 aromatic heterocycles. The Labute approximate surface area is 157 Å². The fourth-order valence-corrected chi connectivity index (χ4v) is 3.86. The van der Waals surface area contributed by atoms with Crippen molar-refractivity contribution in [3.63, 3.8) is 0 Å². The molecule has 0 atom stereocenters. The number of aliphatic hydroxyl groups is 1. The summed E-state index contributed by atoms with van der Waals surface area (Å²) in [6.07, 6.45) is 2.82. The molecule has 0 heterocycles. The zero-order valence-electron chi connectivity index (χ0n) is 14.3. The van der Waals surface area contributed by atoms with Crippen LogP contribution >= 0.6 is 23.2 Å². The lowest BCUT2D eigenvalue weighted by atomic mass is 9.83. The van der Waals surface area contributed by atoms with Crippen LogP contribution in [0.5, 0.6) is 0 Å². The minimum Gasteiger partial charge on any atom is -0.506 e. The molecule has 25 heavy (non-hydrogen) atoms. The SMILES string of the molecule is CC1CC(=O)C(=C(O)c2ccc(Cl)c(CN(C)C3CC3)c2Cl)C(=O)C1. The number of benzene rings is 1. The number of aliphatic hydroxyl groups excluding tert-OH is 1. The molecule has 0 unspecified atom stereocenters. The highest BCUT2D eigenvalue weighted by molar-refractivity contribution is 6.37. The lowest BCUT2D eigenvalue weighted by Crippen LogP contribution is -2.25. The van der Waals surface area contributed by atoms with Crippen LogP contribution in [0.4, 0.5) is 0 Å². The first-order valence-electron chi connectivity index (χ1n) is 8.46. The van der Waals surface area contributed by atoms with E-state index in [1.807, 2.05) is 14.0 Å². The molecule has 0 spiro atoms. The number of hydrogen-bond donors (Lipinski definition) is 1. The minimum atomic E-state index is -0.334. The predicted molar refractivity (Wildman–Crippen MR) is 98.9 cm³/mol. The van der Waals surface area contributed by atoms with Gasteiger partial charge in [-0.3, -0.25) is 14.5 Å². The highest BCUT2D eigenvalue weighted by Crippen LogP contribution is 2.37. The van der Waals surface area contributed by atoms with Gasteiger partial charge in [0.25, 0.3) is 0 Å². The number of hydrogen-bond acceptors (Lipinski definition) is 4. The summed E-state index contributed by atoms with van der Waals surface area (Å²) in [5.74, 6) is -0.994. The lowest BCUT2D eigenvalue weighted by Gasteiger charge is -2.21. The fourth-order valence-electron chi connectivity index (χ4n) is 3.28. The maximum atomic E-state index is 12.3. The molecule has 6 heteroatoms. The summed E-state index contributed by atoms with van der Waals surface area (Å²) in [5, 5.41) is 11.4. The highest BCUT2D eigenvalue weighted by Gasteiger charge is 2.33. The van der Waals surface area contributed by atoms with Crippen molar-refractivity contribution >= 4 is 40.5 Å². The van der Waals surface area contributed by atoms with E-state index in [-0.39, 0.29) is 47.2 Å². The number of carbonyl (C=O) groups is 2. The fraction of sp³-hybridized carbons (Fsp3) is 0.474. The number of carbonyl (C=O) groups excluding carboxylic acids is 2. The second-order valence-corrected chi connectivity index (χ2v) is 7.90. The van der Waals surface area contributed by atoms with E-state index in [0.29, 0.717) is 28.2 Å². The van der Waals surface area contributed by atoms with Crippen molar-refractivity contribution in [3.05, 3.63) is 38.9 Å². The Morgan fingerprint density at radius 3 is 2.36 bits per heavy atom. The van der Waals surface area contributed by atoms with Crippen molar-refractivity contribution in [1.82, 2.24) is 4.90 Å². The lowest BCUT2D eigenvalue weighted by molar-refractivity contribution is -0.125. The van der Waals surface area contributed by atoms with Gasteiger partial charge in [-0.2, -0.15) is 0 Å². The largest absolute Gasteiger partial charge is 0.506 e. The second kappa shape index (κ2) is 7.10. The molecule has 0 radical (unpaired) electrons. The number of rotatable bonds is 4. The summed E-state index contributed by atoms with van der Waals surface area (Å²) in [4.78, 5) is 26.7. The summed E-state index contributed by atoms with van der Waals surface area (Å²) in [6.45, 7) is 2.41. The van der Waals surface area contributed by atoms with Gasteiger partial charge in [0.1, 0.15) is 11.3 Å². The van der Waals surface area contributed by atoms with Gasteiger partial charge in [0.2, 0.25) is 0 Å². The molecule has 4 nitrogen and oxygen atoms in total. The first kappa shape index (κ1) is 18.4. The Morgan fingerprint density at radius 2 is 1.80 bits per heavy atom. The monoisotopic (exact) mass is 381 g/mol. The van der Waals surface area contributed by atoms with Crippen LogP contribution in [0.3, 0.4) is 0 Å². The van der Waals surface area contributed by atoms with Crippen LogP contribution in [0.2, 0.25) is 10.0 Å². The topological polar surface area (TPSA) is 57.6 Å². The van der Waals surface area contributed by atoms with Crippen LogP contribution in [0.1, 0.15) is 43.7 Å². The van der Waals surface area contributed by atoms with Crippen molar-refractivity contribution in [3.8, 4) is 0 Å². The van der Waals surface area contributed by atoms with E-state index < -0.39 is 0 Å². The van der Waals surface area contributed by atoms with Crippen LogP contribution in [0.15, 0.2) is 17.7 Å². The zero-order chi connectivity index (χ0) is 18.3. The van der Waals surface area contributed by atoms with Crippen molar-refractivity contribution in [2.24, 2.45) is 5.92 Å². The summed E-state index contributed by atoms with van der Waals surface area (Å²) in [5.41, 5.74) is 0.854. The average Bonchev–Trinajstić information content (AvgIpc) is 3.34. The van der Waals surface area contributed by atoms with Crippen molar-refractivity contribution in [2.75, 3.05) is 7.05 Å². The van der Waals surface area contributed by atoms with Crippen LogP contribution < -0.4 is 0 Å². The second-order valence-electron chi connectivity index (χ2n) is 7.12. The first-order chi connectivity index (χ1) is 11.8. The van der Waals surface area contributed by atoms with Gasteiger partial charge in [-0.15, -0.1) is 0 Å². The predicted octanol–water partition coefficient (Wildman–Crippen LogP) is 4.42. The molecule has 2 aliphatic rings. The highest BCUT2D eigenvalue weighted by atomic mass is 35.5.